The number of carbonyl (C=O) groups is 1. The van der Waals surface area contributed by atoms with Crippen molar-refractivity contribution in [3.8, 4) is 33.5 Å². The first-order valence-electron chi connectivity index (χ1n) is 11.8. The quantitative estimate of drug-likeness (QED) is 0.305. The van der Waals surface area contributed by atoms with Gasteiger partial charge in [0.05, 0.1) is 34.9 Å². The molecule has 6 rings (SSSR count). The lowest BCUT2D eigenvalue weighted by molar-refractivity contribution is -0.139. The van der Waals surface area contributed by atoms with E-state index in [4.69, 9.17) is 9.84 Å². The second kappa shape index (κ2) is 9.15. The second-order valence-corrected chi connectivity index (χ2v) is 9.80. The van der Waals surface area contributed by atoms with Crippen molar-refractivity contribution in [1.29, 1.82) is 0 Å². The molecular weight excluding hydrogens is 484 g/mol. The number of nitrogens with one attached hydrogen (secondary N) is 1. The zero-order valence-electron chi connectivity index (χ0n) is 20.2. The van der Waals surface area contributed by atoms with Crippen LogP contribution in [0.2, 0.25) is 0 Å². The molecule has 182 valence electrons. The van der Waals surface area contributed by atoms with E-state index in [1.54, 1.807) is 0 Å². The van der Waals surface area contributed by atoms with Gasteiger partial charge in [0, 0.05) is 11.3 Å². The van der Waals surface area contributed by atoms with Gasteiger partial charge in [0.25, 0.3) is 5.56 Å². The molecule has 0 bridgehead atoms. The first-order chi connectivity index (χ1) is 18.0. The molecule has 3 aromatic heterocycles. The van der Waals surface area contributed by atoms with Gasteiger partial charge in [-0.2, -0.15) is 9.61 Å². The molecule has 0 aliphatic carbocycles. The number of thiazole rings is 1. The average molecular weight is 507 g/mol. The van der Waals surface area contributed by atoms with Crippen LogP contribution < -0.4 is 5.56 Å². The fourth-order valence-electron chi connectivity index (χ4n) is 4.60. The minimum absolute atomic E-state index is 0.120. The molecule has 0 radical (unpaired) electrons. The maximum atomic E-state index is 13.9. The van der Waals surface area contributed by atoms with Crippen LogP contribution in [0.1, 0.15) is 10.7 Å². The Hall–Kier alpha value is -4.56. The Balaban J connectivity index is 1.55. The summed E-state index contributed by atoms with van der Waals surface area (Å²) in [5.74, 6) is -0.334. The number of rotatable bonds is 5. The Morgan fingerprint density at radius 3 is 2.35 bits per heavy atom. The summed E-state index contributed by atoms with van der Waals surface area (Å²) in [5.41, 5.74) is 6.79. The minimum atomic E-state index is -0.334. The van der Waals surface area contributed by atoms with Crippen molar-refractivity contribution in [2.75, 3.05) is 7.11 Å². The summed E-state index contributed by atoms with van der Waals surface area (Å²) in [7, 11) is 1.36. The lowest BCUT2D eigenvalue weighted by Crippen LogP contribution is -2.19. The molecule has 0 saturated carbocycles. The summed E-state index contributed by atoms with van der Waals surface area (Å²) in [5, 5.41) is 5.48. The fraction of sp³-hybridized carbons (Fsp3) is 0.103. The Morgan fingerprint density at radius 2 is 1.65 bits per heavy atom. The van der Waals surface area contributed by atoms with Gasteiger partial charge in [0.2, 0.25) is 0 Å². The van der Waals surface area contributed by atoms with Crippen LogP contribution in [0, 0.1) is 6.92 Å². The van der Waals surface area contributed by atoms with E-state index in [1.165, 1.54) is 23.0 Å². The highest BCUT2D eigenvalue weighted by molar-refractivity contribution is 7.18. The Kier molecular flexibility index (Phi) is 5.65. The number of hydrogen-bond donors (Lipinski definition) is 1. The highest BCUT2D eigenvalue weighted by atomic mass is 32.1. The maximum Gasteiger partial charge on any atom is 0.312 e. The standard InChI is InChI=1S/C29H22N4O3S/c1-17-25(20-13-14-21-22(15-20)37-23(31-21)16-24(34)36-2)29(35)33-28(30-17)26(18-9-5-3-6-10-18)27(32-33)19-11-7-4-8-12-19/h3-15,30H,16H2,1-2H3. The molecule has 3 aromatic carbocycles. The molecule has 0 atom stereocenters. The zero-order chi connectivity index (χ0) is 25.5. The van der Waals surface area contributed by atoms with Gasteiger partial charge in [-0.1, -0.05) is 66.7 Å². The van der Waals surface area contributed by atoms with E-state index in [-0.39, 0.29) is 17.9 Å². The molecule has 0 amide bonds. The molecule has 1 N–H and O–H groups in total. The highest BCUT2D eigenvalue weighted by Gasteiger charge is 2.22. The minimum Gasteiger partial charge on any atom is -0.469 e. The predicted molar refractivity (Wildman–Crippen MR) is 146 cm³/mol. The molecule has 3 heterocycles. The molecule has 0 spiro atoms. The summed E-state index contributed by atoms with van der Waals surface area (Å²) < 4.78 is 7.12. The number of esters is 1. The molecule has 0 unspecified atom stereocenters. The Labute approximate surface area is 216 Å². The second-order valence-electron chi connectivity index (χ2n) is 8.69. The van der Waals surface area contributed by atoms with E-state index in [0.717, 1.165) is 43.9 Å². The molecule has 6 aromatic rings. The fourth-order valence-corrected chi connectivity index (χ4v) is 5.59. The third kappa shape index (κ3) is 4.01. The number of nitrogens with zero attached hydrogens (tertiary/aromatic N) is 3. The van der Waals surface area contributed by atoms with Gasteiger partial charge < -0.3 is 9.72 Å². The van der Waals surface area contributed by atoms with Gasteiger partial charge in [0.15, 0.2) is 0 Å². The number of aromatic amines is 1. The van der Waals surface area contributed by atoms with Crippen LogP contribution in [0.3, 0.4) is 0 Å². The number of carbonyl (C=O) groups excluding carboxylic acids is 1. The van der Waals surface area contributed by atoms with Gasteiger partial charge in [-0.25, -0.2) is 4.98 Å². The highest BCUT2D eigenvalue weighted by Crippen LogP contribution is 2.35. The zero-order valence-corrected chi connectivity index (χ0v) is 21.0. The first-order valence-corrected chi connectivity index (χ1v) is 12.6. The summed E-state index contributed by atoms with van der Waals surface area (Å²) in [6.07, 6.45) is 0.120. The van der Waals surface area contributed by atoms with E-state index >= 15 is 0 Å². The number of benzene rings is 3. The van der Waals surface area contributed by atoms with Crippen LogP contribution in [0.25, 0.3) is 49.4 Å². The number of fused-ring (bicyclic) bond motifs is 2. The lowest BCUT2D eigenvalue weighted by Gasteiger charge is -2.08. The van der Waals surface area contributed by atoms with Crippen LogP contribution in [0.4, 0.5) is 0 Å². The molecule has 0 fully saturated rings. The van der Waals surface area contributed by atoms with E-state index < -0.39 is 0 Å². The van der Waals surface area contributed by atoms with Gasteiger partial charge in [0.1, 0.15) is 16.3 Å². The number of ether oxygens (including phenoxy) is 1. The van der Waals surface area contributed by atoms with Gasteiger partial charge in [-0.15, -0.1) is 11.3 Å². The van der Waals surface area contributed by atoms with Crippen molar-refractivity contribution in [2.24, 2.45) is 0 Å². The van der Waals surface area contributed by atoms with Crippen LogP contribution in [0.15, 0.2) is 83.7 Å². The molecule has 0 saturated heterocycles. The Bertz CT molecular complexity index is 1840. The van der Waals surface area contributed by atoms with Crippen LogP contribution in [-0.2, 0) is 16.0 Å². The molecule has 0 aliphatic heterocycles. The normalized spacial score (nSPS) is 11.3. The number of aryl methyl sites for hydroxylation is 1. The van der Waals surface area contributed by atoms with Crippen LogP contribution >= 0.6 is 11.3 Å². The Morgan fingerprint density at radius 1 is 0.946 bits per heavy atom. The molecule has 0 aliphatic rings. The first kappa shape index (κ1) is 22.9. The molecule has 8 heteroatoms. The van der Waals surface area contributed by atoms with E-state index in [9.17, 15) is 9.59 Å². The largest absolute Gasteiger partial charge is 0.469 e. The number of hydrogen-bond acceptors (Lipinski definition) is 6. The molecule has 37 heavy (non-hydrogen) atoms. The van der Waals surface area contributed by atoms with Crippen molar-refractivity contribution in [1.82, 2.24) is 19.6 Å². The van der Waals surface area contributed by atoms with E-state index in [2.05, 4.69) is 9.97 Å². The van der Waals surface area contributed by atoms with Gasteiger partial charge in [-0.3, -0.25) is 9.59 Å². The number of H-pyrrole nitrogens is 1. The van der Waals surface area contributed by atoms with E-state index in [1.807, 2.05) is 85.8 Å². The van der Waals surface area contributed by atoms with Crippen molar-refractivity contribution >= 4 is 33.2 Å². The summed E-state index contributed by atoms with van der Waals surface area (Å²) in [6, 6.07) is 25.5. The predicted octanol–water partition coefficient (Wildman–Crippen LogP) is 5.66. The SMILES string of the molecule is COC(=O)Cc1nc2ccc(-c3c(C)[nH]c4c(-c5ccccc5)c(-c5ccccc5)nn4c3=O)cc2s1. The van der Waals surface area contributed by atoms with Crippen molar-refractivity contribution in [3.05, 3.63) is 99.9 Å². The maximum absolute atomic E-state index is 13.9. The third-order valence-electron chi connectivity index (χ3n) is 6.33. The van der Waals surface area contributed by atoms with Gasteiger partial charge in [-0.05, 0) is 30.2 Å². The van der Waals surface area contributed by atoms with Crippen molar-refractivity contribution in [3.63, 3.8) is 0 Å². The average Bonchev–Trinajstić information content (AvgIpc) is 3.50. The van der Waals surface area contributed by atoms with Crippen molar-refractivity contribution < 1.29 is 9.53 Å². The van der Waals surface area contributed by atoms with E-state index in [0.29, 0.717) is 16.2 Å². The summed E-state index contributed by atoms with van der Waals surface area (Å²) in [4.78, 5) is 33.6. The third-order valence-corrected chi connectivity index (χ3v) is 7.35. The molecular formula is C29H22N4O3S. The summed E-state index contributed by atoms with van der Waals surface area (Å²) >= 11 is 1.42. The number of methoxy groups -OCH3 is 1. The summed E-state index contributed by atoms with van der Waals surface area (Å²) in [6.45, 7) is 1.90. The monoisotopic (exact) mass is 506 g/mol. The lowest BCUT2D eigenvalue weighted by atomic mass is 10.0. The topological polar surface area (TPSA) is 89.3 Å². The van der Waals surface area contributed by atoms with Crippen LogP contribution in [0.5, 0.6) is 0 Å². The number of aromatic nitrogens is 4. The van der Waals surface area contributed by atoms with Gasteiger partial charge >= 0.3 is 5.97 Å². The van der Waals surface area contributed by atoms with Crippen LogP contribution in [-0.4, -0.2) is 32.7 Å². The van der Waals surface area contributed by atoms with Crippen molar-refractivity contribution in [2.45, 2.75) is 13.3 Å². The smallest absolute Gasteiger partial charge is 0.312 e. The molecule has 7 nitrogen and oxygen atoms in total.